The molecule has 0 atom stereocenters. The van der Waals surface area contributed by atoms with Crippen LogP contribution < -0.4 is 69.3 Å². The van der Waals surface area contributed by atoms with E-state index in [4.69, 9.17) is 15.0 Å². The largest absolute Gasteiger partial charge is 1.00 e. The number of aromatic hydroxyl groups is 1. The van der Waals surface area contributed by atoms with Gasteiger partial charge in [-0.05, 0) is 24.4 Å². The molecule has 1 aromatic heterocycles. The summed E-state index contributed by atoms with van der Waals surface area (Å²) in [6.07, 6.45) is -2.33. The number of phenolic OH excluding ortho intramolecular Hbond substituents is 1. The predicted octanol–water partition coefficient (Wildman–Crippen LogP) is -5.41. The summed E-state index contributed by atoms with van der Waals surface area (Å²) in [5.74, 6) is 0.295. The van der Waals surface area contributed by atoms with Crippen LogP contribution in [0.15, 0.2) is 42.5 Å². The van der Waals surface area contributed by atoms with Gasteiger partial charge in [0.15, 0.2) is 0 Å². The fraction of sp³-hybridized carbons (Fsp3) is 0. The fourth-order valence-electron chi connectivity index (χ4n) is 1.84. The van der Waals surface area contributed by atoms with E-state index in [1.54, 1.807) is 12.1 Å². The van der Waals surface area contributed by atoms with Gasteiger partial charge in [0.2, 0.25) is 0 Å². The van der Waals surface area contributed by atoms with Gasteiger partial charge in [0.25, 0.3) is 0 Å². The van der Waals surface area contributed by atoms with Gasteiger partial charge in [-0.2, -0.15) is 0 Å². The van der Waals surface area contributed by atoms with Crippen LogP contribution in [-0.4, -0.2) is 16.2 Å². The van der Waals surface area contributed by atoms with Crippen molar-refractivity contribution in [3.05, 3.63) is 42.5 Å². The number of para-hydroxylation sites is 1. The van der Waals surface area contributed by atoms with Crippen molar-refractivity contribution >= 4 is 28.0 Å². The molecule has 0 unspecified atom stereocenters. The Kier molecular flexibility index (Phi) is 8.27. The van der Waals surface area contributed by atoms with Gasteiger partial charge in [-0.1, -0.05) is 18.2 Å². The maximum absolute atomic E-state index is 9.34. The van der Waals surface area contributed by atoms with Crippen LogP contribution in [-0.2, 0) is 0 Å². The molecule has 0 saturated heterocycles. The first kappa shape index (κ1) is 19.3. The number of hydrogen-bond acceptors (Lipinski definition) is 4. The molecule has 7 heteroatoms. The summed E-state index contributed by atoms with van der Waals surface area (Å²) < 4.78 is 0. The number of hydrogen-bond donors (Lipinski definition) is 2. The molecule has 1 heterocycles. The number of nitrogens with one attached hydrogen (secondary N) is 1. The molecule has 20 heavy (non-hydrogen) atoms. The molecule has 2 N–H and O–H groups in total. The average Bonchev–Trinajstić information content (AvgIpc) is 2.65. The second kappa shape index (κ2) is 8.56. The first-order valence-corrected chi connectivity index (χ1v) is 5.15. The van der Waals surface area contributed by atoms with Crippen molar-refractivity contribution in [2.24, 2.45) is 0 Å². The monoisotopic (exact) mass is 289 g/mol. The van der Waals surface area contributed by atoms with Crippen molar-refractivity contribution < 1.29 is 79.2 Å². The fourth-order valence-corrected chi connectivity index (χ4v) is 1.84. The molecule has 3 aromatic rings. The molecule has 0 saturated carbocycles. The minimum atomic E-state index is -2.33. The summed E-state index contributed by atoms with van der Waals surface area (Å²) in [4.78, 5) is 11.6. The van der Waals surface area contributed by atoms with E-state index < -0.39 is 6.16 Å². The minimum Gasteiger partial charge on any atom is -0.652 e. The van der Waals surface area contributed by atoms with Crippen molar-refractivity contribution in [3.8, 4) is 5.75 Å². The van der Waals surface area contributed by atoms with Crippen molar-refractivity contribution in [1.29, 1.82) is 0 Å². The number of carbonyl (C=O) groups excluding carboxylic acids is 1. The average molecular weight is 289 g/mol. The summed E-state index contributed by atoms with van der Waals surface area (Å²) in [6.45, 7) is 0. The number of carbonyl (C=O) groups is 1. The number of aromatic amines is 1. The predicted molar refractivity (Wildman–Crippen MR) is 62.9 cm³/mol. The zero-order valence-corrected chi connectivity index (χ0v) is 15.2. The van der Waals surface area contributed by atoms with E-state index in [0.717, 1.165) is 16.4 Å². The maximum Gasteiger partial charge on any atom is 1.00 e. The Balaban J connectivity index is 0.000000542. The number of rotatable bonds is 0. The van der Waals surface area contributed by atoms with Crippen LogP contribution in [0.3, 0.4) is 0 Å². The molecule has 0 bridgehead atoms. The molecule has 0 radical (unpaired) electrons. The van der Waals surface area contributed by atoms with E-state index in [9.17, 15) is 5.11 Å². The quantitative estimate of drug-likeness (QED) is 0.404. The number of H-pyrrole nitrogens is 1. The third-order valence-electron chi connectivity index (χ3n) is 2.49. The van der Waals surface area contributed by atoms with Gasteiger partial charge in [-0.25, -0.2) is 0 Å². The molecular formula is C13H9NNa2O4. The summed E-state index contributed by atoms with van der Waals surface area (Å²) in [6, 6.07) is 13.5. The van der Waals surface area contributed by atoms with Gasteiger partial charge in [0, 0.05) is 22.4 Å². The SMILES string of the molecule is O=C([O-])[O-].Oc1ccc2c(c1)[nH]c1ccccc12.[Na+].[Na+]. The van der Waals surface area contributed by atoms with Crippen molar-refractivity contribution in [2.45, 2.75) is 0 Å². The smallest absolute Gasteiger partial charge is 0.652 e. The number of carboxylic acid groups (broad SMARTS) is 2. The van der Waals surface area contributed by atoms with Crippen LogP contribution in [0.5, 0.6) is 5.75 Å². The van der Waals surface area contributed by atoms with Crippen LogP contribution in [0.1, 0.15) is 0 Å². The van der Waals surface area contributed by atoms with Crippen LogP contribution in [0, 0.1) is 0 Å². The number of phenols is 1. The van der Waals surface area contributed by atoms with E-state index in [0.29, 0.717) is 5.75 Å². The molecule has 3 rings (SSSR count). The van der Waals surface area contributed by atoms with E-state index in [1.165, 1.54) is 5.39 Å². The Bertz CT molecular complexity index is 708. The standard InChI is InChI=1S/C12H9NO.CH2O3.2Na/c14-8-5-6-10-9-3-1-2-4-11(9)13-12(10)7-8;2-1(3)4;;/h1-7,13-14H;(H2,2,3,4);;/q;;2*+1/p-2. The van der Waals surface area contributed by atoms with E-state index in [2.05, 4.69) is 11.1 Å². The third-order valence-corrected chi connectivity index (χ3v) is 2.49. The Morgan fingerprint density at radius 2 is 1.50 bits per heavy atom. The Hall–Kier alpha value is -0.690. The van der Waals surface area contributed by atoms with Crippen LogP contribution in [0.2, 0.25) is 0 Å². The first-order chi connectivity index (χ1) is 8.58. The molecule has 0 aliphatic carbocycles. The van der Waals surface area contributed by atoms with Crippen LogP contribution in [0.4, 0.5) is 4.79 Å². The van der Waals surface area contributed by atoms with Gasteiger partial charge in [-0.3, -0.25) is 0 Å². The number of aromatic nitrogens is 1. The van der Waals surface area contributed by atoms with Gasteiger partial charge in [-0.15, -0.1) is 0 Å². The van der Waals surface area contributed by atoms with Gasteiger partial charge < -0.3 is 25.1 Å². The summed E-state index contributed by atoms with van der Waals surface area (Å²) >= 11 is 0. The molecule has 2 aromatic carbocycles. The topological polar surface area (TPSA) is 99.2 Å². The molecule has 0 aliphatic rings. The minimum absolute atomic E-state index is 0. The first-order valence-electron chi connectivity index (χ1n) is 5.15. The van der Waals surface area contributed by atoms with Gasteiger partial charge in [0.1, 0.15) is 5.75 Å². The molecule has 0 amide bonds. The number of benzene rings is 2. The normalized spacial score (nSPS) is 9.00. The second-order valence-electron chi connectivity index (χ2n) is 3.65. The second-order valence-corrected chi connectivity index (χ2v) is 3.65. The Labute approximate surface area is 159 Å². The van der Waals surface area contributed by atoms with Crippen molar-refractivity contribution in [1.82, 2.24) is 4.98 Å². The van der Waals surface area contributed by atoms with E-state index >= 15 is 0 Å². The molecule has 5 nitrogen and oxygen atoms in total. The van der Waals surface area contributed by atoms with Gasteiger partial charge in [0.05, 0.1) is 5.52 Å². The van der Waals surface area contributed by atoms with E-state index in [-0.39, 0.29) is 59.1 Å². The Morgan fingerprint density at radius 1 is 0.950 bits per heavy atom. The van der Waals surface area contributed by atoms with Crippen molar-refractivity contribution in [2.75, 3.05) is 0 Å². The van der Waals surface area contributed by atoms with Crippen LogP contribution in [0.25, 0.3) is 21.8 Å². The molecule has 0 fully saturated rings. The summed E-state index contributed by atoms with van der Waals surface area (Å²) in [5.41, 5.74) is 2.08. The molecule has 0 aliphatic heterocycles. The zero-order valence-electron chi connectivity index (χ0n) is 11.2. The van der Waals surface area contributed by atoms with Gasteiger partial charge >= 0.3 is 59.1 Å². The van der Waals surface area contributed by atoms with Crippen molar-refractivity contribution in [3.63, 3.8) is 0 Å². The zero-order chi connectivity index (χ0) is 13.1. The molecule has 92 valence electrons. The Morgan fingerprint density at radius 3 is 2.15 bits per heavy atom. The number of fused-ring (bicyclic) bond motifs is 3. The summed E-state index contributed by atoms with van der Waals surface area (Å²) in [5, 5.41) is 28.4. The molecular weight excluding hydrogens is 280 g/mol. The third kappa shape index (κ3) is 4.70. The van der Waals surface area contributed by atoms with E-state index in [1.807, 2.05) is 24.3 Å². The summed E-state index contributed by atoms with van der Waals surface area (Å²) in [7, 11) is 0. The molecule has 0 spiro atoms. The van der Waals surface area contributed by atoms with Crippen LogP contribution >= 0.6 is 0 Å². The maximum atomic E-state index is 9.34.